The van der Waals surface area contributed by atoms with Crippen LogP contribution in [0.15, 0.2) is 60.8 Å². The molecule has 0 radical (unpaired) electrons. The molecule has 3 N–H and O–H groups in total. The van der Waals surface area contributed by atoms with E-state index in [1.807, 2.05) is 27.2 Å². The Morgan fingerprint density at radius 3 is 1.64 bits per heavy atom. The molecule has 0 aliphatic rings. The normalized spacial score (nSPS) is 15.0. The molecule has 0 bridgehead atoms. The number of amides is 1. The predicted octanol–water partition coefficient (Wildman–Crippen LogP) is 12.2. The summed E-state index contributed by atoms with van der Waals surface area (Å²) in [5.41, 5.74) is 0. The number of carbonyl (C=O) groups is 1. The van der Waals surface area contributed by atoms with Crippen molar-refractivity contribution in [2.24, 2.45) is 0 Å². The molecule has 0 aliphatic heterocycles. The summed E-state index contributed by atoms with van der Waals surface area (Å²) in [6.45, 7) is 4.63. The van der Waals surface area contributed by atoms with Crippen LogP contribution in [0.3, 0.4) is 0 Å². The molecule has 0 rings (SSSR count). The molecule has 0 saturated heterocycles. The van der Waals surface area contributed by atoms with Crippen molar-refractivity contribution in [3.63, 3.8) is 0 Å². The first kappa shape index (κ1) is 53.2. The maximum atomic E-state index is 12.8. The zero-order valence-corrected chi connectivity index (χ0v) is 37.0. The molecule has 0 heterocycles. The van der Waals surface area contributed by atoms with E-state index >= 15 is 0 Å². The smallest absolute Gasteiger partial charge is 0.387 e. The lowest BCUT2D eigenvalue weighted by Gasteiger charge is -2.25. The van der Waals surface area contributed by atoms with Crippen LogP contribution in [0.5, 0.6) is 0 Å². The van der Waals surface area contributed by atoms with E-state index in [2.05, 4.69) is 67.8 Å². The number of rotatable bonds is 39. The Bertz CT molecular complexity index is 1080. The second-order valence-corrected chi connectivity index (χ2v) is 17.5. The van der Waals surface area contributed by atoms with Crippen molar-refractivity contribution in [1.82, 2.24) is 5.32 Å². The predicted molar refractivity (Wildman–Crippen MR) is 235 cm³/mol. The van der Waals surface area contributed by atoms with Crippen LogP contribution >= 0.6 is 7.82 Å². The molecule has 8 nitrogen and oxygen atoms in total. The van der Waals surface area contributed by atoms with Gasteiger partial charge in [-0.1, -0.05) is 158 Å². The van der Waals surface area contributed by atoms with Crippen LogP contribution in [0.1, 0.15) is 174 Å². The van der Waals surface area contributed by atoms with Gasteiger partial charge in [-0.3, -0.25) is 13.8 Å². The Morgan fingerprint density at radius 2 is 1.11 bits per heavy atom. The number of nitrogens with one attached hydrogen (secondary N) is 1. The Hall–Kier alpha value is -1.80. The monoisotopic (exact) mass is 794 g/mol. The van der Waals surface area contributed by atoms with Crippen LogP contribution in [-0.4, -0.2) is 73.4 Å². The van der Waals surface area contributed by atoms with Gasteiger partial charge in [0.05, 0.1) is 39.9 Å². The highest BCUT2D eigenvalue weighted by atomic mass is 31.2. The van der Waals surface area contributed by atoms with Crippen molar-refractivity contribution in [2.45, 2.75) is 187 Å². The zero-order valence-electron chi connectivity index (χ0n) is 36.1. The lowest BCUT2D eigenvalue weighted by molar-refractivity contribution is -0.870. The molecule has 0 aromatic rings. The highest BCUT2D eigenvalue weighted by Gasteiger charge is 2.27. The van der Waals surface area contributed by atoms with Gasteiger partial charge in [0.2, 0.25) is 5.91 Å². The van der Waals surface area contributed by atoms with E-state index in [9.17, 15) is 19.4 Å². The molecule has 1 amide bonds. The SMILES string of the molecule is CC/C=C/CC/C=C/CC/C=C/C(O)C(COP(=O)(O)OCC[N+](C)(C)C)NC(=O)CCCCCCCCCCCCC/C=C\C/C=C\CCCCCCC. The van der Waals surface area contributed by atoms with E-state index < -0.39 is 20.0 Å². The first-order chi connectivity index (χ1) is 26.5. The number of hydrogen-bond donors (Lipinski definition) is 3. The van der Waals surface area contributed by atoms with Crippen molar-refractivity contribution in [3.8, 4) is 0 Å². The number of nitrogens with zero attached hydrogens (tertiary/aromatic N) is 1. The molecule has 3 atom stereocenters. The zero-order chi connectivity index (χ0) is 40.7. The number of unbranched alkanes of at least 4 members (excludes halogenated alkanes) is 18. The maximum Gasteiger partial charge on any atom is 0.472 e. The Labute approximate surface area is 339 Å². The fourth-order valence-electron chi connectivity index (χ4n) is 5.93. The fraction of sp³-hybridized carbons (Fsp3) is 0.761. The summed E-state index contributed by atoms with van der Waals surface area (Å²) in [5, 5.41) is 13.7. The number of phosphoric ester groups is 1. The second-order valence-electron chi connectivity index (χ2n) is 16.0. The standard InChI is InChI=1S/C46H85N2O6P/c1-6-8-10-12-14-16-18-19-20-21-22-23-24-25-26-27-28-29-30-32-34-36-38-40-46(50)47-44(43-54-55(51,52)53-42-41-48(3,4)5)45(49)39-37-35-33-31-17-15-13-11-9-7-2/h9,11,17-19,21-22,31,37,39,44-45,49H,6-8,10,12-16,20,23-30,32-36,38,40-43H2,1-5H3,(H-,47,50,51,52)/p+1/b11-9+,19-18-,22-21-,31-17+,39-37+. The third-order valence-electron chi connectivity index (χ3n) is 9.45. The first-order valence-electron chi connectivity index (χ1n) is 22.2. The van der Waals surface area contributed by atoms with Gasteiger partial charge in [-0.05, 0) is 70.6 Å². The Kier molecular flexibility index (Phi) is 36.5. The average molecular weight is 794 g/mol. The number of hydrogen-bond acceptors (Lipinski definition) is 5. The molecule has 320 valence electrons. The largest absolute Gasteiger partial charge is 0.472 e. The quantitative estimate of drug-likeness (QED) is 0.0248. The van der Waals surface area contributed by atoms with Crippen LogP contribution in [0.2, 0.25) is 0 Å². The maximum absolute atomic E-state index is 12.8. The number of phosphoric acid groups is 1. The number of likely N-dealkylation sites (N-methyl/N-ethyl adjacent to an activating group) is 1. The van der Waals surface area contributed by atoms with Crippen LogP contribution in [0, 0.1) is 0 Å². The van der Waals surface area contributed by atoms with Crippen molar-refractivity contribution in [2.75, 3.05) is 40.9 Å². The highest BCUT2D eigenvalue weighted by molar-refractivity contribution is 7.47. The second kappa shape index (κ2) is 37.8. The van der Waals surface area contributed by atoms with Crippen molar-refractivity contribution in [1.29, 1.82) is 0 Å². The van der Waals surface area contributed by atoms with Gasteiger partial charge >= 0.3 is 7.82 Å². The summed E-state index contributed by atoms with van der Waals surface area (Å²) < 4.78 is 23.5. The van der Waals surface area contributed by atoms with E-state index in [1.54, 1.807) is 6.08 Å². The van der Waals surface area contributed by atoms with Gasteiger partial charge in [0.25, 0.3) is 0 Å². The number of quaternary nitrogens is 1. The molecule has 0 aromatic carbocycles. The minimum absolute atomic E-state index is 0.0508. The van der Waals surface area contributed by atoms with E-state index in [0.717, 1.165) is 57.8 Å². The van der Waals surface area contributed by atoms with Crippen LogP contribution in [-0.2, 0) is 18.4 Å². The lowest BCUT2D eigenvalue weighted by atomic mass is 10.0. The summed E-state index contributed by atoms with van der Waals surface area (Å²) in [7, 11) is 1.53. The van der Waals surface area contributed by atoms with Gasteiger partial charge in [0.15, 0.2) is 0 Å². The van der Waals surface area contributed by atoms with E-state index in [-0.39, 0.29) is 19.1 Å². The van der Waals surface area contributed by atoms with E-state index in [0.29, 0.717) is 17.4 Å². The molecule has 0 fully saturated rings. The number of allylic oxidation sites excluding steroid dienone is 9. The summed E-state index contributed by atoms with van der Waals surface area (Å²) in [6, 6.07) is -0.870. The van der Waals surface area contributed by atoms with Crippen molar-refractivity contribution in [3.05, 3.63) is 60.8 Å². The molecule has 0 aliphatic carbocycles. The minimum Gasteiger partial charge on any atom is -0.387 e. The molecule has 3 unspecified atom stereocenters. The molecular weight excluding hydrogens is 707 g/mol. The highest BCUT2D eigenvalue weighted by Crippen LogP contribution is 2.43. The Morgan fingerprint density at radius 1 is 0.636 bits per heavy atom. The average Bonchev–Trinajstić information content (AvgIpc) is 3.13. The topological polar surface area (TPSA) is 105 Å². The molecule has 55 heavy (non-hydrogen) atoms. The summed E-state index contributed by atoms with van der Waals surface area (Å²) in [4.78, 5) is 23.1. The third kappa shape index (κ3) is 40.2. The van der Waals surface area contributed by atoms with Gasteiger partial charge in [0, 0.05) is 6.42 Å². The fourth-order valence-corrected chi connectivity index (χ4v) is 6.67. The molecule has 9 heteroatoms. The van der Waals surface area contributed by atoms with E-state index in [4.69, 9.17) is 9.05 Å². The van der Waals surface area contributed by atoms with Gasteiger partial charge in [0.1, 0.15) is 13.2 Å². The van der Waals surface area contributed by atoms with Crippen molar-refractivity contribution >= 4 is 13.7 Å². The van der Waals surface area contributed by atoms with Gasteiger partial charge in [-0.25, -0.2) is 4.57 Å². The molecule has 0 aromatic heterocycles. The lowest BCUT2D eigenvalue weighted by Crippen LogP contribution is -2.45. The van der Waals surface area contributed by atoms with Gasteiger partial charge in [-0.15, -0.1) is 0 Å². The van der Waals surface area contributed by atoms with Crippen LogP contribution in [0.25, 0.3) is 0 Å². The Balaban J connectivity index is 4.29. The summed E-state index contributed by atoms with van der Waals surface area (Å²) in [5.74, 6) is -0.198. The van der Waals surface area contributed by atoms with Gasteiger partial charge in [-0.2, -0.15) is 0 Å². The summed E-state index contributed by atoms with van der Waals surface area (Å²) in [6.07, 6.45) is 48.8. The molecule has 0 saturated carbocycles. The number of aliphatic hydroxyl groups excluding tert-OH is 1. The van der Waals surface area contributed by atoms with Crippen molar-refractivity contribution < 1.29 is 32.9 Å². The number of aliphatic hydroxyl groups is 1. The van der Waals surface area contributed by atoms with E-state index in [1.165, 1.54) is 96.3 Å². The first-order valence-corrected chi connectivity index (χ1v) is 23.7. The molecular formula is C46H86N2O6P+. The van der Waals surface area contributed by atoms with Crippen LogP contribution in [0.4, 0.5) is 0 Å². The summed E-state index contributed by atoms with van der Waals surface area (Å²) >= 11 is 0. The minimum atomic E-state index is -4.35. The van der Waals surface area contributed by atoms with Crippen LogP contribution < -0.4 is 5.32 Å². The third-order valence-corrected chi connectivity index (χ3v) is 10.4. The molecule has 0 spiro atoms. The van der Waals surface area contributed by atoms with Gasteiger partial charge < -0.3 is 19.8 Å². The number of carbonyl (C=O) groups excluding carboxylic acids is 1.